The Labute approximate surface area is 129 Å². The molecule has 1 aromatic rings. The Morgan fingerprint density at radius 3 is 2.86 bits per heavy atom. The summed E-state index contributed by atoms with van der Waals surface area (Å²) < 4.78 is 5.62. The van der Waals surface area contributed by atoms with Gasteiger partial charge in [-0.15, -0.1) is 0 Å². The smallest absolute Gasteiger partial charge is 0.265 e. The summed E-state index contributed by atoms with van der Waals surface area (Å²) in [6.45, 7) is 4.02. The molecule has 0 radical (unpaired) electrons. The van der Waals surface area contributed by atoms with Gasteiger partial charge in [0.25, 0.3) is 11.8 Å². The zero-order valence-corrected chi connectivity index (χ0v) is 12.8. The van der Waals surface area contributed by atoms with Crippen LogP contribution in [0.5, 0.6) is 5.75 Å². The van der Waals surface area contributed by atoms with E-state index in [1.807, 2.05) is 6.92 Å². The van der Waals surface area contributed by atoms with Gasteiger partial charge >= 0.3 is 0 Å². The van der Waals surface area contributed by atoms with Crippen molar-refractivity contribution < 1.29 is 14.3 Å². The Morgan fingerprint density at radius 2 is 2.23 bits per heavy atom. The van der Waals surface area contributed by atoms with Gasteiger partial charge in [-0.3, -0.25) is 9.59 Å². The number of hydrogen-bond donors (Lipinski definition) is 3. The number of amides is 2. The molecule has 0 spiro atoms. The highest BCUT2D eigenvalue weighted by atomic mass is 16.5. The van der Waals surface area contributed by atoms with Gasteiger partial charge in [-0.05, 0) is 44.7 Å². The van der Waals surface area contributed by atoms with Crippen molar-refractivity contribution in [2.24, 2.45) is 11.7 Å². The van der Waals surface area contributed by atoms with Crippen molar-refractivity contribution in [1.82, 2.24) is 5.32 Å². The number of ether oxygens (including phenoxy) is 1. The van der Waals surface area contributed by atoms with Gasteiger partial charge in [0.2, 0.25) is 0 Å². The highest BCUT2D eigenvalue weighted by molar-refractivity contribution is 6.04. The average Bonchev–Trinajstić information content (AvgIpc) is 3.32. The lowest BCUT2D eigenvalue weighted by atomic mass is 9.95. The first-order valence-electron chi connectivity index (χ1n) is 7.58. The number of para-hydroxylation sites is 1. The van der Waals surface area contributed by atoms with E-state index >= 15 is 0 Å². The molecule has 1 saturated carbocycles. The second-order valence-corrected chi connectivity index (χ2v) is 6.28. The molecule has 1 aliphatic heterocycles. The summed E-state index contributed by atoms with van der Waals surface area (Å²) in [6.07, 6.45) is 1.56. The molecule has 2 atom stereocenters. The minimum absolute atomic E-state index is 0.213. The molecule has 0 saturated heterocycles. The summed E-state index contributed by atoms with van der Waals surface area (Å²) in [6, 6.07) is 5.14. The Kier molecular flexibility index (Phi) is 3.56. The van der Waals surface area contributed by atoms with Crippen LogP contribution in [0.25, 0.3) is 0 Å². The van der Waals surface area contributed by atoms with Gasteiger partial charge < -0.3 is 21.1 Å². The number of anilines is 1. The van der Waals surface area contributed by atoms with Crippen molar-refractivity contribution in [2.45, 2.75) is 38.3 Å². The Balaban J connectivity index is 1.87. The van der Waals surface area contributed by atoms with Crippen LogP contribution in [-0.2, 0) is 4.79 Å². The predicted molar refractivity (Wildman–Crippen MR) is 82.8 cm³/mol. The maximum absolute atomic E-state index is 12.7. The summed E-state index contributed by atoms with van der Waals surface area (Å²) in [5, 5.41) is 5.79. The lowest BCUT2D eigenvalue weighted by molar-refractivity contribution is -0.122. The number of nitrogens with two attached hydrogens (primary N) is 1. The van der Waals surface area contributed by atoms with E-state index in [4.69, 9.17) is 10.5 Å². The fraction of sp³-hybridized carbons (Fsp3) is 0.500. The summed E-state index contributed by atoms with van der Waals surface area (Å²) in [7, 11) is 0. The normalized spacial score (nSPS) is 22.9. The molecule has 0 bridgehead atoms. The van der Waals surface area contributed by atoms with E-state index < -0.39 is 11.6 Å². The Bertz CT molecular complexity index is 627. The number of hydrogen-bond acceptors (Lipinski definition) is 4. The van der Waals surface area contributed by atoms with E-state index in [9.17, 15) is 9.59 Å². The molecule has 2 amide bonds. The number of carbonyl (C=O) groups is 2. The van der Waals surface area contributed by atoms with Crippen LogP contribution in [0.2, 0.25) is 0 Å². The minimum Gasteiger partial charge on any atom is -0.478 e. The number of carbonyl (C=O) groups excluding carboxylic acids is 2. The molecule has 22 heavy (non-hydrogen) atoms. The third-order valence-corrected chi connectivity index (χ3v) is 4.48. The molecule has 6 nitrogen and oxygen atoms in total. The van der Waals surface area contributed by atoms with E-state index in [1.165, 1.54) is 0 Å². The molecule has 1 aliphatic carbocycles. The molecule has 1 fully saturated rings. The summed E-state index contributed by atoms with van der Waals surface area (Å²) in [4.78, 5) is 24.3. The number of fused-ring (bicyclic) bond motifs is 1. The van der Waals surface area contributed by atoms with Crippen molar-refractivity contribution in [3.8, 4) is 5.75 Å². The van der Waals surface area contributed by atoms with Crippen molar-refractivity contribution in [2.75, 3.05) is 11.9 Å². The zero-order chi connectivity index (χ0) is 15.9. The van der Waals surface area contributed by atoms with Crippen molar-refractivity contribution in [3.05, 3.63) is 23.8 Å². The maximum Gasteiger partial charge on any atom is 0.265 e. The van der Waals surface area contributed by atoms with E-state index in [0.29, 0.717) is 29.5 Å². The number of nitrogens with one attached hydrogen (secondary N) is 2. The van der Waals surface area contributed by atoms with Gasteiger partial charge in [0, 0.05) is 6.54 Å². The number of benzene rings is 1. The molecular weight excluding hydrogens is 282 g/mol. The first kappa shape index (κ1) is 14.8. The predicted octanol–water partition coefficient (Wildman–Crippen LogP) is 1.26. The molecule has 3 rings (SSSR count). The van der Waals surface area contributed by atoms with Gasteiger partial charge in [-0.25, -0.2) is 0 Å². The lowest BCUT2D eigenvalue weighted by Crippen LogP contribution is -2.53. The Hall–Kier alpha value is -2.08. The molecule has 2 unspecified atom stereocenters. The second-order valence-electron chi connectivity index (χ2n) is 6.28. The Morgan fingerprint density at radius 1 is 1.50 bits per heavy atom. The lowest BCUT2D eigenvalue weighted by Gasteiger charge is -2.31. The largest absolute Gasteiger partial charge is 0.478 e. The van der Waals surface area contributed by atoms with Gasteiger partial charge in [-0.2, -0.15) is 0 Å². The fourth-order valence-corrected chi connectivity index (χ4v) is 2.77. The van der Waals surface area contributed by atoms with Gasteiger partial charge in [0.15, 0.2) is 11.9 Å². The van der Waals surface area contributed by atoms with Crippen LogP contribution in [0, 0.1) is 5.92 Å². The highest BCUT2D eigenvalue weighted by Gasteiger charge is 2.42. The molecule has 2 aliphatic rings. The third-order valence-electron chi connectivity index (χ3n) is 4.48. The van der Waals surface area contributed by atoms with Crippen LogP contribution in [0.3, 0.4) is 0 Å². The van der Waals surface area contributed by atoms with E-state index in [2.05, 4.69) is 10.6 Å². The molecule has 1 aromatic carbocycles. The topological polar surface area (TPSA) is 93.4 Å². The number of rotatable bonds is 4. The summed E-state index contributed by atoms with van der Waals surface area (Å²) >= 11 is 0. The maximum atomic E-state index is 12.7. The first-order valence-corrected chi connectivity index (χ1v) is 7.58. The molecule has 1 heterocycles. The second kappa shape index (κ2) is 5.28. The molecule has 118 valence electrons. The summed E-state index contributed by atoms with van der Waals surface area (Å²) in [5.74, 6) is 0.415. The molecule has 4 N–H and O–H groups in total. The van der Waals surface area contributed by atoms with Crippen LogP contribution < -0.4 is 21.1 Å². The fourth-order valence-electron chi connectivity index (χ4n) is 2.77. The highest BCUT2D eigenvalue weighted by Crippen LogP contribution is 2.40. The van der Waals surface area contributed by atoms with Gasteiger partial charge in [0.1, 0.15) is 0 Å². The zero-order valence-electron chi connectivity index (χ0n) is 12.8. The van der Waals surface area contributed by atoms with E-state index in [0.717, 1.165) is 12.8 Å². The average molecular weight is 303 g/mol. The molecular formula is C16H21N3O3. The summed E-state index contributed by atoms with van der Waals surface area (Å²) in [5.41, 5.74) is 6.40. The molecule has 6 heteroatoms. The SMILES string of the molecule is CC1Oc2c(cccc2C(=O)NC(C)(CN)C2CC2)NC1=O. The van der Waals surface area contributed by atoms with Crippen LogP contribution in [-0.4, -0.2) is 30.0 Å². The van der Waals surface area contributed by atoms with Gasteiger partial charge in [-0.1, -0.05) is 6.07 Å². The van der Waals surface area contributed by atoms with Crippen molar-refractivity contribution in [1.29, 1.82) is 0 Å². The van der Waals surface area contributed by atoms with E-state index in [1.54, 1.807) is 25.1 Å². The van der Waals surface area contributed by atoms with Crippen molar-refractivity contribution >= 4 is 17.5 Å². The van der Waals surface area contributed by atoms with Crippen LogP contribution in [0.15, 0.2) is 18.2 Å². The first-order chi connectivity index (χ1) is 10.4. The van der Waals surface area contributed by atoms with E-state index in [-0.39, 0.29) is 11.8 Å². The van der Waals surface area contributed by atoms with Crippen LogP contribution in [0.1, 0.15) is 37.0 Å². The third kappa shape index (κ3) is 2.54. The van der Waals surface area contributed by atoms with Crippen LogP contribution >= 0.6 is 0 Å². The standard InChI is InChI=1S/C16H21N3O3/c1-9-14(20)18-12-5-3-4-11(13(12)22-9)15(21)19-16(2,8-17)10-6-7-10/h3-5,9-10H,6-8,17H2,1-2H3,(H,18,20)(H,19,21). The van der Waals surface area contributed by atoms with Gasteiger partial charge in [0.05, 0.1) is 16.8 Å². The monoisotopic (exact) mass is 303 g/mol. The quantitative estimate of drug-likeness (QED) is 0.780. The van der Waals surface area contributed by atoms with Crippen LogP contribution in [0.4, 0.5) is 5.69 Å². The van der Waals surface area contributed by atoms with Crippen molar-refractivity contribution in [3.63, 3.8) is 0 Å². The minimum atomic E-state index is -0.620. The molecule has 0 aromatic heterocycles.